The fourth-order valence-corrected chi connectivity index (χ4v) is 3.56. The first-order valence-corrected chi connectivity index (χ1v) is 8.14. The van der Waals surface area contributed by atoms with Crippen LogP contribution in [-0.4, -0.2) is 21.1 Å². The van der Waals surface area contributed by atoms with E-state index in [-0.39, 0.29) is 23.7 Å². The fraction of sp³-hybridized carbons (Fsp3) is 0.150. The Kier molecular flexibility index (Phi) is 3.99. The van der Waals surface area contributed by atoms with Crippen molar-refractivity contribution in [1.82, 2.24) is 15.4 Å². The molecule has 3 atom stereocenters. The Hall–Kier alpha value is -3.05. The molecule has 1 amide bonds. The van der Waals surface area contributed by atoms with Crippen molar-refractivity contribution in [3.8, 4) is 11.1 Å². The Morgan fingerprint density at radius 1 is 0.840 bits per heavy atom. The Balaban J connectivity index is 1.63. The predicted molar refractivity (Wildman–Crippen MR) is 92.8 cm³/mol. The minimum Gasteiger partial charge on any atom is -0.289 e. The van der Waals surface area contributed by atoms with Gasteiger partial charge in [-0.25, -0.2) is 15.4 Å². The van der Waals surface area contributed by atoms with Crippen molar-refractivity contribution in [2.45, 2.75) is 11.8 Å². The van der Waals surface area contributed by atoms with E-state index in [0.29, 0.717) is 0 Å². The summed E-state index contributed by atoms with van der Waals surface area (Å²) < 4.78 is 0. The van der Waals surface area contributed by atoms with E-state index >= 15 is 0 Å². The van der Waals surface area contributed by atoms with Crippen molar-refractivity contribution >= 4 is 5.91 Å². The molecule has 1 aliphatic carbocycles. The number of carbonyl (C=O) groups is 1. The summed E-state index contributed by atoms with van der Waals surface area (Å²) in [6.45, 7) is 0. The van der Waals surface area contributed by atoms with Crippen molar-refractivity contribution in [2.75, 3.05) is 0 Å². The van der Waals surface area contributed by atoms with Crippen molar-refractivity contribution in [1.29, 1.82) is 0 Å². The standard InChI is InChI=1S/C20H17N3O2/c24-20(23-25)19-17(14-4-2-1-3-5-14)18(19)15-8-6-13(7-9-15)16-10-21-12-22-11-16/h1-12,17-19,25H,(H,23,24). The van der Waals surface area contributed by atoms with E-state index in [1.807, 2.05) is 60.1 Å². The maximum Gasteiger partial charge on any atom is 0.247 e. The van der Waals surface area contributed by atoms with E-state index in [9.17, 15) is 4.79 Å². The van der Waals surface area contributed by atoms with E-state index in [1.165, 1.54) is 6.33 Å². The highest BCUT2D eigenvalue weighted by molar-refractivity contribution is 5.84. The van der Waals surface area contributed by atoms with Crippen LogP contribution in [-0.2, 0) is 4.79 Å². The summed E-state index contributed by atoms with van der Waals surface area (Å²) >= 11 is 0. The van der Waals surface area contributed by atoms with Crippen LogP contribution in [0.1, 0.15) is 23.0 Å². The van der Waals surface area contributed by atoms with Gasteiger partial charge in [-0.2, -0.15) is 0 Å². The third kappa shape index (κ3) is 2.90. The van der Waals surface area contributed by atoms with Crippen LogP contribution in [0.25, 0.3) is 11.1 Å². The van der Waals surface area contributed by atoms with Gasteiger partial charge in [-0.15, -0.1) is 0 Å². The van der Waals surface area contributed by atoms with Gasteiger partial charge in [0.05, 0.1) is 5.92 Å². The number of hydrogen-bond acceptors (Lipinski definition) is 4. The number of amides is 1. The number of carbonyl (C=O) groups excluding carboxylic acids is 1. The number of nitrogens with one attached hydrogen (secondary N) is 1. The fourth-order valence-electron chi connectivity index (χ4n) is 3.56. The normalized spacial score (nSPS) is 21.6. The Morgan fingerprint density at radius 2 is 1.44 bits per heavy atom. The van der Waals surface area contributed by atoms with Gasteiger partial charge in [0, 0.05) is 29.8 Å². The van der Waals surface area contributed by atoms with Crippen molar-refractivity contribution in [3.63, 3.8) is 0 Å². The molecular weight excluding hydrogens is 314 g/mol. The zero-order chi connectivity index (χ0) is 17.2. The third-order valence-electron chi connectivity index (χ3n) is 4.81. The Morgan fingerprint density at radius 3 is 2.04 bits per heavy atom. The van der Waals surface area contributed by atoms with Crippen LogP contribution < -0.4 is 5.48 Å². The molecule has 5 heteroatoms. The molecule has 0 saturated heterocycles. The van der Waals surface area contributed by atoms with Crippen LogP contribution in [0, 0.1) is 5.92 Å². The predicted octanol–water partition coefficient (Wildman–Crippen LogP) is 3.15. The molecule has 1 saturated carbocycles. The lowest BCUT2D eigenvalue weighted by atomic mass is 10.0. The average molecular weight is 331 g/mol. The lowest BCUT2D eigenvalue weighted by Gasteiger charge is -2.04. The number of rotatable bonds is 4. The van der Waals surface area contributed by atoms with Crippen molar-refractivity contribution < 1.29 is 10.0 Å². The van der Waals surface area contributed by atoms with Crippen molar-refractivity contribution in [2.24, 2.45) is 5.92 Å². The van der Waals surface area contributed by atoms with Gasteiger partial charge >= 0.3 is 0 Å². The highest BCUT2D eigenvalue weighted by atomic mass is 16.5. The molecule has 4 rings (SSSR count). The number of hydroxylamine groups is 1. The average Bonchev–Trinajstić information content (AvgIpc) is 3.44. The van der Waals surface area contributed by atoms with Gasteiger partial charge < -0.3 is 0 Å². The maximum atomic E-state index is 12.1. The zero-order valence-corrected chi connectivity index (χ0v) is 13.4. The highest BCUT2D eigenvalue weighted by Gasteiger charge is 2.56. The van der Waals surface area contributed by atoms with Gasteiger partial charge in [-0.05, 0) is 16.7 Å². The minimum atomic E-state index is -0.334. The number of benzene rings is 2. The molecule has 1 fully saturated rings. The smallest absolute Gasteiger partial charge is 0.247 e. The molecule has 0 bridgehead atoms. The van der Waals surface area contributed by atoms with Crippen LogP contribution in [0.2, 0.25) is 0 Å². The van der Waals surface area contributed by atoms with Crippen LogP contribution in [0.5, 0.6) is 0 Å². The van der Waals surface area contributed by atoms with Gasteiger partial charge in [0.15, 0.2) is 0 Å². The topological polar surface area (TPSA) is 75.1 Å². The van der Waals surface area contributed by atoms with E-state index in [0.717, 1.165) is 22.3 Å². The molecule has 0 aliphatic heterocycles. The summed E-state index contributed by atoms with van der Waals surface area (Å²) in [7, 11) is 0. The molecule has 0 spiro atoms. The molecule has 1 aliphatic rings. The first-order chi connectivity index (χ1) is 12.3. The van der Waals surface area contributed by atoms with Gasteiger partial charge in [0.2, 0.25) is 5.91 Å². The Bertz CT molecular complexity index is 866. The largest absolute Gasteiger partial charge is 0.289 e. The maximum absolute atomic E-state index is 12.1. The third-order valence-corrected chi connectivity index (χ3v) is 4.81. The second-order valence-corrected chi connectivity index (χ2v) is 6.21. The van der Waals surface area contributed by atoms with Gasteiger partial charge in [-0.3, -0.25) is 10.0 Å². The monoisotopic (exact) mass is 331 g/mol. The van der Waals surface area contributed by atoms with Gasteiger partial charge in [0.1, 0.15) is 6.33 Å². The molecule has 124 valence electrons. The van der Waals surface area contributed by atoms with Crippen LogP contribution in [0.3, 0.4) is 0 Å². The summed E-state index contributed by atoms with van der Waals surface area (Å²) in [6, 6.07) is 18.1. The quantitative estimate of drug-likeness (QED) is 0.569. The zero-order valence-electron chi connectivity index (χ0n) is 13.4. The van der Waals surface area contributed by atoms with Crippen LogP contribution in [0.4, 0.5) is 0 Å². The lowest BCUT2D eigenvalue weighted by Crippen LogP contribution is -2.21. The number of hydrogen-bond donors (Lipinski definition) is 2. The lowest BCUT2D eigenvalue weighted by molar-refractivity contribution is -0.130. The van der Waals surface area contributed by atoms with E-state index in [4.69, 9.17) is 5.21 Å². The van der Waals surface area contributed by atoms with Gasteiger partial charge in [0.25, 0.3) is 0 Å². The first kappa shape index (κ1) is 15.5. The van der Waals surface area contributed by atoms with Gasteiger partial charge in [-0.1, -0.05) is 54.6 Å². The summed E-state index contributed by atoms with van der Waals surface area (Å²) in [6.07, 6.45) is 5.05. The summed E-state index contributed by atoms with van der Waals surface area (Å²) in [5.74, 6) is -0.437. The highest BCUT2D eigenvalue weighted by Crippen LogP contribution is 2.60. The molecule has 3 unspecified atom stereocenters. The summed E-state index contributed by atoms with van der Waals surface area (Å²) in [4.78, 5) is 20.1. The molecule has 2 aromatic carbocycles. The summed E-state index contributed by atoms with van der Waals surface area (Å²) in [5, 5.41) is 9.05. The molecule has 3 aromatic rings. The molecule has 5 nitrogen and oxygen atoms in total. The van der Waals surface area contributed by atoms with E-state index in [2.05, 4.69) is 9.97 Å². The van der Waals surface area contributed by atoms with Crippen LogP contribution in [0.15, 0.2) is 73.3 Å². The Labute approximate surface area is 145 Å². The second-order valence-electron chi connectivity index (χ2n) is 6.21. The molecule has 1 heterocycles. The van der Waals surface area contributed by atoms with E-state index in [1.54, 1.807) is 12.4 Å². The SMILES string of the molecule is O=C(NO)C1C(c2ccccc2)C1c1ccc(-c2cncnc2)cc1. The van der Waals surface area contributed by atoms with Crippen molar-refractivity contribution in [3.05, 3.63) is 84.4 Å². The van der Waals surface area contributed by atoms with E-state index < -0.39 is 0 Å². The molecular formula is C20H17N3O2. The molecule has 0 radical (unpaired) electrons. The number of aromatic nitrogens is 2. The first-order valence-electron chi connectivity index (χ1n) is 8.14. The minimum absolute atomic E-state index is 0.0654. The second kappa shape index (κ2) is 6.45. The van der Waals surface area contributed by atoms with Crippen LogP contribution >= 0.6 is 0 Å². The molecule has 1 aromatic heterocycles. The molecule has 2 N–H and O–H groups in total. The number of nitrogens with zero attached hydrogens (tertiary/aromatic N) is 2. The summed E-state index contributed by atoms with van der Waals surface area (Å²) in [5.41, 5.74) is 5.99. The molecule has 25 heavy (non-hydrogen) atoms.